The van der Waals surface area contributed by atoms with E-state index in [1.54, 1.807) is 12.1 Å². The lowest BCUT2D eigenvalue weighted by molar-refractivity contribution is -0.127. The molecule has 1 heterocycles. The molecule has 0 unspecified atom stereocenters. The van der Waals surface area contributed by atoms with E-state index in [4.69, 9.17) is 0 Å². The lowest BCUT2D eigenvalue weighted by atomic mass is 10.0. The highest BCUT2D eigenvalue weighted by Gasteiger charge is 2.34. The number of hydrogen-bond acceptors (Lipinski definition) is 3. The normalized spacial score (nSPS) is 14.6. The molecular weight excluding hydrogens is 402 g/mol. The number of carbonyl (C=O) groups is 3. The standard InChI is InChI=1S/C26H23N3O3/c1-17-6-10-20(11-7-17)21-12-8-19(9-13-21)15-23-25(31)29(26(32)28-23)16-24(30)27-22-5-3-4-18(2)14-22/h3-15H,16H2,1-2H3,(H,27,30)(H,28,32)/b23-15-. The van der Waals surface area contributed by atoms with Crippen LogP contribution < -0.4 is 10.6 Å². The third-order valence-electron chi connectivity index (χ3n) is 5.17. The Balaban J connectivity index is 1.43. The molecule has 0 saturated carbocycles. The van der Waals surface area contributed by atoms with Crippen molar-refractivity contribution in [2.45, 2.75) is 13.8 Å². The summed E-state index contributed by atoms with van der Waals surface area (Å²) in [5, 5.41) is 5.26. The molecule has 1 saturated heterocycles. The molecule has 0 bridgehead atoms. The van der Waals surface area contributed by atoms with Gasteiger partial charge in [0, 0.05) is 5.69 Å². The SMILES string of the molecule is Cc1ccc(-c2ccc(/C=C3\NC(=O)N(CC(=O)Nc4cccc(C)c4)C3=O)cc2)cc1. The van der Waals surface area contributed by atoms with Gasteiger partial charge < -0.3 is 10.6 Å². The van der Waals surface area contributed by atoms with Crippen LogP contribution in [0, 0.1) is 13.8 Å². The van der Waals surface area contributed by atoms with Gasteiger partial charge >= 0.3 is 6.03 Å². The highest BCUT2D eigenvalue weighted by molar-refractivity contribution is 6.15. The molecule has 1 aliphatic heterocycles. The second-order valence-corrected chi connectivity index (χ2v) is 7.79. The van der Waals surface area contributed by atoms with Crippen molar-refractivity contribution < 1.29 is 14.4 Å². The van der Waals surface area contributed by atoms with Crippen LogP contribution in [0.4, 0.5) is 10.5 Å². The van der Waals surface area contributed by atoms with Gasteiger partial charge in [0.1, 0.15) is 12.2 Å². The summed E-state index contributed by atoms with van der Waals surface area (Å²) in [5.41, 5.74) is 5.89. The van der Waals surface area contributed by atoms with Gasteiger partial charge in [0.2, 0.25) is 5.91 Å². The Morgan fingerprint density at radius 2 is 1.56 bits per heavy atom. The summed E-state index contributed by atoms with van der Waals surface area (Å²) in [6.07, 6.45) is 1.61. The highest BCUT2D eigenvalue weighted by Crippen LogP contribution is 2.22. The predicted octanol–water partition coefficient (Wildman–Crippen LogP) is 4.50. The average Bonchev–Trinajstić information content (AvgIpc) is 3.02. The molecule has 0 aliphatic carbocycles. The zero-order chi connectivity index (χ0) is 22.7. The van der Waals surface area contributed by atoms with Crippen molar-refractivity contribution >= 4 is 29.6 Å². The summed E-state index contributed by atoms with van der Waals surface area (Å²) in [4.78, 5) is 38.2. The Kier molecular flexibility index (Phi) is 5.85. The third kappa shape index (κ3) is 4.75. The van der Waals surface area contributed by atoms with E-state index in [2.05, 4.69) is 34.9 Å². The van der Waals surface area contributed by atoms with Crippen molar-refractivity contribution in [1.29, 1.82) is 0 Å². The molecular formula is C26H23N3O3. The smallest absolute Gasteiger partial charge is 0.325 e. The van der Waals surface area contributed by atoms with Crippen LogP contribution in [0.3, 0.4) is 0 Å². The second kappa shape index (κ2) is 8.89. The number of anilines is 1. The van der Waals surface area contributed by atoms with Crippen LogP contribution in [0.2, 0.25) is 0 Å². The van der Waals surface area contributed by atoms with Crippen molar-refractivity contribution in [3.05, 3.63) is 95.2 Å². The van der Waals surface area contributed by atoms with E-state index >= 15 is 0 Å². The van der Waals surface area contributed by atoms with E-state index in [0.29, 0.717) is 5.69 Å². The molecule has 32 heavy (non-hydrogen) atoms. The van der Waals surface area contributed by atoms with Crippen molar-refractivity contribution in [2.75, 3.05) is 11.9 Å². The van der Waals surface area contributed by atoms with Gasteiger partial charge in [-0.3, -0.25) is 9.59 Å². The Hall–Kier alpha value is -4.19. The topological polar surface area (TPSA) is 78.5 Å². The fourth-order valence-corrected chi connectivity index (χ4v) is 3.47. The minimum absolute atomic E-state index is 0.140. The van der Waals surface area contributed by atoms with Gasteiger partial charge in [-0.1, -0.05) is 66.2 Å². The maximum atomic E-state index is 12.7. The largest absolute Gasteiger partial charge is 0.329 e. The number of nitrogens with zero attached hydrogens (tertiary/aromatic N) is 1. The van der Waals surface area contributed by atoms with Gasteiger partial charge in [-0.15, -0.1) is 0 Å². The Bertz CT molecular complexity index is 1210. The molecule has 3 aromatic carbocycles. The molecule has 0 aromatic heterocycles. The van der Waals surface area contributed by atoms with Gasteiger partial charge in [0.15, 0.2) is 0 Å². The van der Waals surface area contributed by atoms with Crippen molar-refractivity contribution in [2.24, 2.45) is 0 Å². The van der Waals surface area contributed by atoms with Gasteiger partial charge in [-0.05, 0) is 54.3 Å². The fraction of sp³-hybridized carbons (Fsp3) is 0.115. The molecule has 1 aliphatic rings. The number of benzene rings is 3. The lowest BCUT2D eigenvalue weighted by Gasteiger charge is -2.12. The van der Waals surface area contributed by atoms with Crippen LogP contribution >= 0.6 is 0 Å². The Morgan fingerprint density at radius 3 is 2.22 bits per heavy atom. The quantitative estimate of drug-likeness (QED) is 0.467. The maximum Gasteiger partial charge on any atom is 0.329 e. The van der Waals surface area contributed by atoms with Gasteiger partial charge in [-0.25, -0.2) is 9.69 Å². The molecule has 0 atom stereocenters. The Labute approximate surface area is 186 Å². The predicted molar refractivity (Wildman–Crippen MR) is 125 cm³/mol. The van der Waals surface area contributed by atoms with E-state index in [9.17, 15) is 14.4 Å². The van der Waals surface area contributed by atoms with Crippen molar-refractivity contribution in [3.63, 3.8) is 0 Å². The van der Waals surface area contributed by atoms with Crippen LogP contribution in [-0.4, -0.2) is 29.3 Å². The molecule has 6 nitrogen and oxygen atoms in total. The third-order valence-corrected chi connectivity index (χ3v) is 5.17. The average molecular weight is 425 g/mol. The van der Waals surface area contributed by atoms with E-state index < -0.39 is 17.8 Å². The zero-order valence-corrected chi connectivity index (χ0v) is 17.9. The number of carbonyl (C=O) groups excluding carboxylic acids is 3. The first-order valence-corrected chi connectivity index (χ1v) is 10.3. The van der Waals surface area contributed by atoms with E-state index in [0.717, 1.165) is 27.2 Å². The number of amides is 4. The summed E-state index contributed by atoms with van der Waals surface area (Å²) in [7, 11) is 0. The van der Waals surface area contributed by atoms with Crippen LogP contribution in [-0.2, 0) is 9.59 Å². The molecule has 6 heteroatoms. The monoisotopic (exact) mass is 425 g/mol. The summed E-state index contributed by atoms with van der Waals surface area (Å²) >= 11 is 0. The molecule has 4 rings (SSSR count). The molecule has 4 amide bonds. The number of hydrogen-bond donors (Lipinski definition) is 2. The lowest BCUT2D eigenvalue weighted by Crippen LogP contribution is -2.38. The van der Waals surface area contributed by atoms with E-state index in [1.165, 1.54) is 5.56 Å². The first-order valence-electron chi connectivity index (χ1n) is 10.3. The number of nitrogens with one attached hydrogen (secondary N) is 2. The van der Waals surface area contributed by atoms with Gasteiger partial charge in [0.05, 0.1) is 0 Å². The minimum atomic E-state index is -0.614. The van der Waals surface area contributed by atoms with E-state index in [1.807, 2.05) is 56.3 Å². The van der Waals surface area contributed by atoms with Gasteiger partial charge in [0.25, 0.3) is 5.91 Å². The van der Waals surface area contributed by atoms with Crippen LogP contribution in [0.5, 0.6) is 0 Å². The first-order chi connectivity index (χ1) is 15.4. The first kappa shape index (κ1) is 21.1. The Morgan fingerprint density at radius 1 is 0.906 bits per heavy atom. The van der Waals surface area contributed by atoms with Crippen LogP contribution in [0.1, 0.15) is 16.7 Å². The maximum absolute atomic E-state index is 12.7. The fourth-order valence-electron chi connectivity index (χ4n) is 3.47. The molecule has 3 aromatic rings. The molecule has 0 spiro atoms. The summed E-state index contributed by atoms with van der Waals surface area (Å²) in [6.45, 7) is 3.60. The number of urea groups is 1. The summed E-state index contributed by atoms with van der Waals surface area (Å²) in [6, 6.07) is 22.6. The molecule has 2 N–H and O–H groups in total. The summed E-state index contributed by atoms with van der Waals surface area (Å²) in [5.74, 6) is -0.972. The highest BCUT2D eigenvalue weighted by atomic mass is 16.2. The molecule has 160 valence electrons. The van der Waals surface area contributed by atoms with Crippen LogP contribution in [0.15, 0.2) is 78.5 Å². The molecule has 0 radical (unpaired) electrons. The van der Waals surface area contributed by atoms with Crippen molar-refractivity contribution in [1.82, 2.24) is 10.2 Å². The van der Waals surface area contributed by atoms with Crippen LogP contribution in [0.25, 0.3) is 17.2 Å². The number of aryl methyl sites for hydroxylation is 2. The second-order valence-electron chi connectivity index (χ2n) is 7.79. The summed E-state index contributed by atoms with van der Waals surface area (Å²) < 4.78 is 0. The minimum Gasteiger partial charge on any atom is -0.325 e. The van der Waals surface area contributed by atoms with Gasteiger partial charge in [-0.2, -0.15) is 0 Å². The van der Waals surface area contributed by atoms with E-state index in [-0.39, 0.29) is 12.2 Å². The zero-order valence-electron chi connectivity index (χ0n) is 17.9. The number of imide groups is 1. The van der Waals surface area contributed by atoms with Crippen molar-refractivity contribution in [3.8, 4) is 11.1 Å². The number of rotatable bonds is 5. The molecule has 1 fully saturated rings.